The van der Waals surface area contributed by atoms with Gasteiger partial charge in [-0.3, -0.25) is 0 Å². The van der Waals surface area contributed by atoms with E-state index in [9.17, 15) is 0 Å². The number of thiophene rings is 1. The molecular formula is C10H12N2OS. The first-order valence-electron chi connectivity index (χ1n) is 4.45. The zero-order valence-electron chi connectivity index (χ0n) is 8.20. The third kappa shape index (κ3) is 1.71. The lowest BCUT2D eigenvalue weighted by molar-refractivity contribution is 0.504. The Morgan fingerprint density at radius 3 is 3.07 bits per heavy atom. The van der Waals surface area contributed by atoms with Gasteiger partial charge in [-0.05, 0) is 31.0 Å². The van der Waals surface area contributed by atoms with E-state index in [1.54, 1.807) is 17.5 Å². The molecular weight excluding hydrogens is 196 g/mol. The standard InChI is InChI=1S/C10H12N2OS/c1-7-3-4-14-9(7)10-12-6-8(13-10)5-11-2/h3-4,6,11H,5H2,1-2H3. The monoisotopic (exact) mass is 208 g/mol. The number of hydrogen-bond acceptors (Lipinski definition) is 4. The molecule has 0 radical (unpaired) electrons. The van der Waals surface area contributed by atoms with Crippen LogP contribution in [-0.2, 0) is 6.54 Å². The SMILES string of the molecule is CNCc1cnc(-c2sccc2C)o1. The van der Waals surface area contributed by atoms with Crippen molar-refractivity contribution in [3.63, 3.8) is 0 Å². The fourth-order valence-corrected chi connectivity index (χ4v) is 2.12. The fourth-order valence-electron chi connectivity index (χ4n) is 1.26. The van der Waals surface area contributed by atoms with Crippen molar-refractivity contribution >= 4 is 11.3 Å². The van der Waals surface area contributed by atoms with Gasteiger partial charge in [-0.25, -0.2) is 4.98 Å². The van der Waals surface area contributed by atoms with Crippen LogP contribution in [0.15, 0.2) is 22.1 Å². The molecule has 0 unspecified atom stereocenters. The number of aromatic nitrogens is 1. The van der Waals surface area contributed by atoms with Crippen molar-refractivity contribution < 1.29 is 4.42 Å². The number of hydrogen-bond donors (Lipinski definition) is 1. The molecule has 0 spiro atoms. The highest BCUT2D eigenvalue weighted by Gasteiger charge is 2.09. The predicted molar refractivity (Wildman–Crippen MR) is 57.3 cm³/mol. The van der Waals surface area contributed by atoms with Crippen molar-refractivity contribution in [1.29, 1.82) is 0 Å². The fraction of sp³-hybridized carbons (Fsp3) is 0.300. The van der Waals surface area contributed by atoms with Gasteiger partial charge >= 0.3 is 0 Å². The molecule has 0 saturated heterocycles. The highest BCUT2D eigenvalue weighted by molar-refractivity contribution is 7.13. The molecule has 4 heteroatoms. The van der Waals surface area contributed by atoms with Crippen molar-refractivity contribution in [2.45, 2.75) is 13.5 Å². The largest absolute Gasteiger partial charge is 0.439 e. The Morgan fingerprint density at radius 1 is 1.57 bits per heavy atom. The van der Waals surface area contributed by atoms with E-state index in [1.165, 1.54) is 5.56 Å². The van der Waals surface area contributed by atoms with Crippen LogP contribution in [0.3, 0.4) is 0 Å². The number of nitrogens with one attached hydrogen (secondary N) is 1. The molecule has 0 atom stereocenters. The molecule has 74 valence electrons. The predicted octanol–water partition coefficient (Wildman–Crippen LogP) is 2.43. The zero-order valence-corrected chi connectivity index (χ0v) is 9.02. The van der Waals surface area contributed by atoms with Crippen LogP contribution in [0.5, 0.6) is 0 Å². The summed E-state index contributed by atoms with van der Waals surface area (Å²) in [5.41, 5.74) is 1.22. The Morgan fingerprint density at radius 2 is 2.43 bits per heavy atom. The van der Waals surface area contributed by atoms with Gasteiger partial charge in [0.25, 0.3) is 0 Å². The van der Waals surface area contributed by atoms with Gasteiger partial charge in [0.05, 0.1) is 17.6 Å². The molecule has 2 aromatic rings. The van der Waals surface area contributed by atoms with Gasteiger partial charge in [0, 0.05) is 0 Å². The molecule has 3 nitrogen and oxygen atoms in total. The lowest BCUT2D eigenvalue weighted by Crippen LogP contribution is -2.03. The Labute approximate surface area is 86.8 Å². The van der Waals surface area contributed by atoms with E-state index >= 15 is 0 Å². The van der Waals surface area contributed by atoms with E-state index in [0.717, 1.165) is 23.1 Å². The minimum absolute atomic E-state index is 0.720. The van der Waals surface area contributed by atoms with Gasteiger partial charge in [-0.2, -0.15) is 0 Å². The molecule has 1 N–H and O–H groups in total. The minimum Gasteiger partial charge on any atom is -0.439 e. The van der Waals surface area contributed by atoms with E-state index in [2.05, 4.69) is 23.3 Å². The summed E-state index contributed by atoms with van der Waals surface area (Å²) >= 11 is 1.66. The van der Waals surface area contributed by atoms with Crippen LogP contribution in [0.1, 0.15) is 11.3 Å². The first-order valence-corrected chi connectivity index (χ1v) is 5.33. The summed E-state index contributed by atoms with van der Waals surface area (Å²) in [5, 5.41) is 5.08. The number of oxazole rings is 1. The maximum Gasteiger partial charge on any atom is 0.236 e. The molecule has 0 amide bonds. The maximum atomic E-state index is 5.59. The second-order valence-electron chi connectivity index (χ2n) is 3.09. The third-order valence-corrected chi connectivity index (χ3v) is 2.97. The average Bonchev–Trinajstić information content (AvgIpc) is 2.74. The van der Waals surface area contributed by atoms with Crippen LogP contribution in [0.2, 0.25) is 0 Å². The first-order chi connectivity index (χ1) is 6.81. The second kappa shape index (κ2) is 3.94. The Bertz CT molecular complexity index is 419. The molecule has 2 aromatic heterocycles. The molecule has 0 aliphatic rings. The molecule has 0 aliphatic heterocycles. The van der Waals surface area contributed by atoms with Crippen LogP contribution < -0.4 is 5.32 Å². The molecule has 0 aromatic carbocycles. The summed E-state index contributed by atoms with van der Waals surface area (Å²) in [5.74, 6) is 1.60. The van der Waals surface area contributed by atoms with Crippen LogP contribution in [0.4, 0.5) is 0 Å². The molecule has 0 saturated carbocycles. The lowest BCUT2D eigenvalue weighted by Gasteiger charge is -1.93. The van der Waals surface area contributed by atoms with Crippen molar-refractivity contribution in [3.8, 4) is 10.8 Å². The third-order valence-electron chi connectivity index (χ3n) is 1.96. The van der Waals surface area contributed by atoms with Crippen molar-refractivity contribution in [3.05, 3.63) is 29.0 Å². The number of aryl methyl sites for hydroxylation is 1. The summed E-state index contributed by atoms with van der Waals surface area (Å²) in [7, 11) is 1.89. The Balaban J connectivity index is 2.29. The Kier molecular flexibility index (Phi) is 2.65. The zero-order chi connectivity index (χ0) is 9.97. The van der Waals surface area contributed by atoms with Gasteiger partial charge in [0.1, 0.15) is 5.76 Å². The minimum atomic E-state index is 0.720. The van der Waals surface area contributed by atoms with E-state index in [0.29, 0.717) is 0 Å². The van der Waals surface area contributed by atoms with E-state index in [-0.39, 0.29) is 0 Å². The van der Waals surface area contributed by atoms with Crippen LogP contribution in [0, 0.1) is 6.92 Å². The van der Waals surface area contributed by atoms with Gasteiger partial charge in [-0.1, -0.05) is 0 Å². The smallest absolute Gasteiger partial charge is 0.236 e. The molecule has 0 bridgehead atoms. The van der Waals surface area contributed by atoms with Crippen LogP contribution in [-0.4, -0.2) is 12.0 Å². The second-order valence-corrected chi connectivity index (χ2v) is 4.01. The van der Waals surface area contributed by atoms with Crippen molar-refractivity contribution in [2.75, 3.05) is 7.05 Å². The summed E-state index contributed by atoms with van der Waals surface area (Å²) in [6.07, 6.45) is 1.77. The number of rotatable bonds is 3. The van der Waals surface area contributed by atoms with E-state index < -0.39 is 0 Å². The normalized spacial score (nSPS) is 10.7. The van der Waals surface area contributed by atoms with Gasteiger partial charge in [-0.15, -0.1) is 11.3 Å². The summed E-state index contributed by atoms with van der Waals surface area (Å²) in [6, 6.07) is 2.07. The maximum absolute atomic E-state index is 5.59. The van der Waals surface area contributed by atoms with Crippen molar-refractivity contribution in [2.24, 2.45) is 0 Å². The Hall–Kier alpha value is -1.13. The molecule has 14 heavy (non-hydrogen) atoms. The molecule has 2 heterocycles. The highest BCUT2D eigenvalue weighted by atomic mass is 32.1. The topological polar surface area (TPSA) is 38.1 Å². The molecule has 0 aliphatic carbocycles. The highest BCUT2D eigenvalue weighted by Crippen LogP contribution is 2.28. The first kappa shape index (κ1) is 9.43. The lowest BCUT2D eigenvalue weighted by atomic mass is 10.3. The quantitative estimate of drug-likeness (QED) is 0.841. The average molecular weight is 208 g/mol. The van der Waals surface area contributed by atoms with E-state index in [1.807, 2.05) is 12.4 Å². The summed E-state index contributed by atoms with van der Waals surface area (Å²) in [6.45, 7) is 2.78. The number of nitrogens with zero attached hydrogens (tertiary/aromatic N) is 1. The van der Waals surface area contributed by atoms with E-state index in [4.69, 9.17) is 4.42 Å². The summed E-state index contributed by atoms with van der Waals surface area (Å²) in [4.78, 5) is 5.36. The van der Waals surface area contributed by atoms with Crippen molar-refractivity contribution in [1.82, 2.24) is 10.3 Å². The van der Waals surface area contributed by atoms with Gasteiger partial charge in [0.2, 0.25) is 5.89 Å². The van der Waals surface area contributed by atoms with Gasteiger partial charge in [0.15, 0.2) is 0 Å². The van der Waals surface area contributed by atoms with Crippen LogP contribution in [0.25, 0.3) is 10.8 Å². The van der Waals surface area contributed by atoms with Gasteiger partial charge < -0.3 is 9.73 Å². The molecule has 2 rings (SSSR count). The van der Waals surface area contributed by atoms with Crippen LogP contribution >= 0.6 is 11.3 Å². The summed E-state index contributed by atoms with van der Waals surface area (Å²) < 4.78 is 5.59. The molecule has 0 fully saturated rings.